The maximum absolute atomic E-state index is 8.57. The van der Waals surface area contributed by atoms with Crippen LogP contribution in [-0.4, -0.2) is 0 Å². The van der Waals surface area contributed by atoms with Crippen molar-refractivity contribution in [1.82, 2.24) is 0 Å². The molecule has 0 aliphatic rings. The third-order valence-corrected chi connectivity index (χ3v) is 4.55. The van der Waals surface area contributed by atoms with Crippen molar-refractivity contribution in [2.45, 2.75) is 103 Å². The van der Waals surface area contributed by atoms with E-state index in [2.05, 4.69) is 42.1 Å². The van der Waals surface area contributed by atoms with Crippen molar-refractivity contribution in [3.8, 4) is 0 Å². The fraction of sp³-hybridized carbons (Fsp3) is 0.762. The van der Waals surface area contributed by atoms with E-state index in [9.17, 15) is 0 Å². The van der Waals surface area contributed by atoms with E-state index in [1.54, 1.807) is 0 Å². The summed E-state index contributed by atoms with van der Waals surface area (Å²) in [6, 6.07) is 6.31. The topological polar surface area (TPSA) is 73.1 Å². The first-order chi connectivity index (χ1) is 12.7. The lowest BCUT2D eigenvalue weighted by molar-refractivity contribution is -1.73. The van der Waals surface area contributed by atoms with Gasteiger partial charge in [-0.3, -0.25) is 0 Å². The van der Waals surface area contributed by atoms with E-state index in [1.165, 1.54) is 96.4 Å². The highest BCUT2D eigenvalue weighted by molar-refractivity contribution is 4.83. The van der Waals surface area contributed by atoms with E-state index in [-0.39, 0.29) is 0 Å². The summed E-state index contributed by atoms with van der Waals surface area (Å²) in [4.78, 5) is 0. The maximum atomic E-state index is 8.57. The number of rotatable bonds is 15. The van der Waals surface area contributed by atoms with Gasteiger partial charge in [0.15, 0.2) is 12.4 Å². The maximum Gasteiger partial charge on any atom is 0.282 e. The molecular formula is C21H38INO3. The molecule has 0 atom stereocenters. The molecule has 0 aliphatic heterocycles. The molecule has 1 rings (SSSR count). The molecule has 0 saturated carbocycles. The molecule has 0 unspecified atom stereocenters. The zero-order valence-corrected chi connectivity index (χ0v) is 18.7. The van der Waals surface area contributed by atoms with E-state index in [4.69, 9.17) is 10.3 Å². The molecule has 1 aromatic heterocycles. The Morgan fingerprint density at radius 2 is 0.923 bits per heavy atom. The van der Waals surface area contributed by atoms with Crippen molar-refractivity contribution in [3.05, 3.63) is 30.6 Å². The van der Waals surface area contributed by atoms with E-state index >= 15 is 0 Å². The molecule has 0 amide bonds. The van der Waals surface area contributed by atoms with Crippen molar-refractivity contribution < 1.29 is 35.9 Å². The number of aryl methyl sites for hydroxylation is 1. The molecule has 0 aliphatic carbocycles. The van der Waals surface area contributed by atoms with Crippen LogP contribution in [0, 0.1) is 0 Å². The normalized spacial score (nSPS) is 10.7. The molecule has 1 heterocycles. The molecule has 26 heavy (non-hydrogen) atoms. The first kappa shape index (κ1) is 25.8. The summed E-state index contributed by atoms with van der Waals surface area (Å²) in [5, 5.41) is 0. The zero-order chi connectivity index (χ0) is 19.3. The molecule has 5 heteroatoms. The van der Waals surface area contributed by atoms with E-state index in [0.29, 0.717) is 0 Å². The zero-order valence-electron chi connectivity index (χ0n) is 16.5. The van der Waals surface area contributed by atoms with Gasteiger partial charge in [-0.1, -0.05) is 90.0 Å². The molecule has 0 aromatic carbocycles. The highest BCUT2D eigenvalue weighted by Gasteiger charge is 1.98. The summed E-state index contributed by atoms with van der Waals surface area (Å²) in [5.74, 6) is 0. The second-order valence-corrected chi connectivity index (χ2v) is 7.98. The van der Waals surface area contributed by atoms with Gasteiger partial charge in [0, 0.05) is 18.6 Å². The molecule has 1 aromatic rings. The third kappa shape index (κ3) is 21.8. The number of nitrogens with zero attached hydrogens (tertiary/aromatic N) is 1. The summed E-state index contributed by atoms with van der Waals surface area (Å²) >= 11 is -4.01. The lowest BCUT2D eigenvalue weighted by Gasteiger charge is -2.02. The molecule has 4 nitrogen and oxygen atoms in total. The van der Waals surface area contributed by atoms with Crippen LogP contribution in [0.1, 0.15) is 96.8 Å². The van der Waals surface area contributed by atoms with Gasteiger partial charge in [0.25, 0.3) is 21.1 Å². The smallest absolute Gasteiger partial charge is 0.282 e. The Hall–Kier alpha value is -0.240. The highest BCUT2D eigenvalue weighted by atomic mass is 127. The Kier molecular flexibility index (Phi) is 20.9. The monoisotopic (exact) mass is 479 g/mol. The van der Waals surface area contributed by atoms with Crippen LogP contribution in [0.2, 0.25) is 0 Å². The molecule has 0 saturated heterocycles. The van der Waals surface area contributed by atoms with E-state index in [1.807, 2.05) is 0 Å². The minimum Gasteiger partial charge on any atom is -0.427 e. The van der Waals surface area contributed by atoms with Crippen molar-refractivity contribution >= 4 is 0 Å². The predicted octanol–water partition coefficient (Wildman–Crippen LogP) is -0.108. The minimum absolute atomic E-state index is 1.18. The lowest BCUT2D eigenvalue weighted by Crippen LogP contribution is -4.05. The second-order valence-electron chi connectivity index (χ2n) is 6.90. The van der Waals surface area contributed by atoms with Crippen molar-refractivity contribution in [3.63, 3.8) is 0 Å². The van der Waals surface area contributed by atoms with Crippen LogP contribution in [0.15, 0.2) is 30.6 Å². The van der Waals surface area contributed by atoms with Gasteiger partial charge in [0.05, 0.1) is 0 Å². The van der Waals surface area contributed by atoms with Crippen LogP contribution in [0.25, 0.3) is 0 Å². The minimum atomic E-state index is -4.01. The van der Waals surface area contributed by atoms with Crippen molar-refractivity contribution in [2.75, 3.05) is 0 Å². The first-order valence-electron chi connectivity index (χ1n) is 10.3. The number of unbranched alkanes of at least 4 members (excludes halogenated alkanes) is 13. The molecule has 0 spiro atoms. The third-order valence-electron chi connectivity index (χ3n) is 4.55. The lowest BCUT2D eigenvalue weighted by atomic mass is 10.0. The number of hydrogen-bond donors (Lipinski definition) is 0. The Bertz CT molecular complexity index is 374. The Morgan fingerprint density at radius 1 is 0.577 bits per heavy atom. The van der Waals surface area contributed by atoms with Gasteiger partial charge >= 0.3 is 0 Å². The Labute approximate surface area is 169 Å². The summed E-state index contributed by atoms with van der Waals surface area (Å²) in [5.41, 5.74) is 0. The van der Waals surface area contributed by atoms with Crippen molar-refractivity contribution in [2.24, 2.45) is 0 Å². The Morgan fingerprint density at radius 3 is 1.31 bits per heavy atom. The van der Waals surface area contributed by atoms with Gasteiger partial charge in [-0.15, -0.1) is 0 Å². The fourth-order valence-corrected chi connectivity index (χ4v) is 3.07. The van der Waals surface area contributed by atoms with Gasteiger partial charge in [-0.05, 0) is 6.42 Å². The van der Waals surface area contributed by atoms with Gasteiger partial charge < -0.3 is 10.3 Å². The van der Waals surface area contributed by atoms with Gasteiger partial charge in [-0.25, -0.2) is 4.57 Å². The quantitative estimate of drug-likeness (QED) is 0.200. The van der Waals surface area contributed by atoms with Crippen molar-refractivity contribution in [1.29, 1.82) is 0 Å². The average Bonchev–Trinajstić information content (AvgIpc) is 2.62. The summed E-state index contributed by atoms with van der Waals surface area (Å²) in [7, 11) is 0. The number of halogens is 1. The molecular weight excluding hydrogens is 441 g/mol. The SMILES string of the molecule is CCCCCCCCCCCCCCCC[n+]1ccccc1.[O-][I+2]([O-])[O-]. The van der Waals surface area contributed by atoms with Gasteiger partial charge in [0.1, 0.15) is 6.54 Å². The van der Waals surface area contributed by atoms with Crippen LogP contribution >= 0.6 is 0 Å². The fourth-order valence-electron chi connectivity index (χ4n) is 3.07. The highest BCUT2D eigenvalue weighted by Crippen LogP contribution is 2.12. The molecule has 152 valence electrons. The number of aromatic nitrogens is 1. The molecule has 0 fully saturated rings. The summed E-state index contributed by atoms with van der Waals surface area (Å²) in [6.07, 6.45) is 24.4. The summed E-state index contributed by atoms with van der Waals surface area (Å²) in [6.45, 7) is 3.47. The second kappa shape index (κ2) is 21.1. The van der Waals surface area contributed by atoms with Gasteiger partial charge in [0.2, 0.25) is 0 Å². The van der Waals surface area contributed by atoms with Crippen LogP contribution in [0.3, 0.4) is 0 Å². The van der Waals surface area contributed by atoms with E-state index in [0.717, 1.165) is 0 Å². The Balaban J connectivity index is 0.00000141. The largest absolute Gasteiger partial charge is 0.427 e. The number of pyridine rings is 1. The van der Waals surface area contributed by atoms with E-state index < -0.39 is 21.1 Å². The van der Waals surface area contributed by atoms with Crippen LogP contribution in [-0.2, 0) is 6.54 Å². The average molecular weight is 479 g/mol. The molecule has 0 radical (unpaired) electrons. The molecule has 0 bridgehead atoms. The number of hydrogen-bond acceptors (Lipinski definition) is 3. The van der Waals surface area contributed by atoms with Gasteiger partial charge in [-0.2, -0.15) is 0 Å². The summed E-state index contributed by atoms with van der Waals surface area (Å²) < 4.78 is 28.0. The molecule has 0 N–H and O–H groups in total. The predicted molar refractivity (Wildman–Crippen MR) is 96.9 cm³/mol. The van der Waals surface area contributed by atoms with Crippen LogP contribution in [0.4, 0.5) is 0 Å². The standard InChI is InChI=1S/C21H38N.IO3/c1-2-3-4-5-6-7-8-9-10-11-12-13-14-16-19-22-20-17-15-18-21-22;2-1(3)4/h15,17-18,20-21H,2-14,16,19H2,1H3;/q+1;-1. The van der Waals surface area contributed by atoms with Crippen LogP contribution < -0.4 is 35.9 Å². The van der Waals surface area contributed by atoms with Crippen LogP contribution in [0.5, 0.6) is 0 Å². The first-order valence-corrected chi connectivity index (χ1v) is 13.0.